The van der Waals surface area contributed by atoms with Crippen molar-refractivity contribution < 1.29 is 0 Å². The van der Waals surface area contributed by atoms with Gasteiger partial charge in [-0.25, -0.2) is 0 Å². The average Bonchev–Trinajstić information content (AvgIpc) is 2.65. The second-order valence-electron chi connectivity index (χ2n) is 5.65. The molecule has 1 saturated carbocycles. The minimum absolute atomic E-state index is 0.572. The highest BCUT2D eigenvalue weighted by Gasteiger charge is 2.24. The molecule has 0 spiro atoms. The molecule has 3 heteroatoms. The highest BCUT2D eigenvalue weighted by atomic mass is 32.1. The smallest absolute Gasteiger partial charge is 0.178 e. The largest absolute Gasteiger partial charge is 0.331 e. The molecule has 3 rings (SSSR count). The first kappa shape index (κ1) is 12.0. The van der Waals surface area contributed by atoms with E-state index in [1.807, 2.05) is 0 Å². The standard InChI is InChI=1S/C15H20N2S/c1-10-7-8-14-12(9-10)16-15(18)17(14)13-6-4-3-5-11(13)2/h7-9,11,13H,3-6H2,1-2H3,(H,16,18). The predicted octanol–water partition coefficient (Wildman–Crippen LogP) is 4.76. The van der Waals surface area contributed by atoms with Gasteiger partial charge in [-0.3, -0.25) is 0 Å². The second kappa shape index (κ2) is 4.54. The molecule has 1 aromatic heterocycles. The summed E-state index contributed by atoms with van der Waals surface area (Å²) in [6.07, 6.45) is 5.28. The van der Waals surface area contributed by atoms with E-state index in [9.17, 15) is 0 Å². The van der Waals surface area contributed by atoms with E-state index in [2.05, 4.69) is 41.6 Å². The van der Waals surface area contributed by atoms with Crippen LogP contribution in [0.4, 0.5) is 0 Å². The molecule has 1 N–H and O–H groups in total. The number of hydrogen-bond acceptors (Lipinski definition) is 1. The molecule has 0 bridgehead atoms. The first-order chi connectivity index (χ1) is 8.66. The van der Waals surface area contributed by atoms with Crippen LogP contribution in [0.5, 0.6) is 0 Å². The van der Waals surface area contributed by atoms with Crippen LogP contribution in [0.25, 0.3) is 11.0 Å². The number of imidazole rings is 1. The van der Waals surface area contributed by atoms with E-state index in [4.69, 9.17) is 12.2 Å². The van der Waals surface area contributed by atoms with Gasteiger partial charge in [0.2, 0.25) is 0 Å². The molecular formula is C15H20N2S. The van der Waals surface area contributed by atoms with Gasteiger partial charge in [0.25, 0.3) is 0 Å². The van der Waals surface area contributed by atoms with Crippen molar-refractivity contribution in [3.05, 3.63) is 28.5 Å². The fourth-order valence-electron chi connectivity index (χ4n) is 3.25. The summed E-state index contributed by atoms with van der Waals surface area (Å²) in [6.45, 7) is 4.48. The topological polar surface area (TPSA) is 20.7 Å². The summed E-state index contributed by atoms with van der Waals surface area (Å²) in [4.78, 5) is 3.36. The van der Waals surface area contributed by atoms with Crippen molar-refractivity contribution in [3.8, 4) is 0 Å². The molecule has 2 unspecified atom stereocenters. The third-order valence-electron chi connectivity index (χ3n) is 4.27. The lowest BCUT2D eigenvalue weighted by Gasteiger charge is -2.30. The Balaban J connectivity index is 2.16. The molecule has 1 aliphatic rings. The monoisotopic (exact) mass is 260 g/mol. The third kappa shape index (κ3) is 1.91. The Morgan fingerprint density at radius 2 is 2.06 bits per heavy atom. The number of hydrogen-bond donors (Lipinski definition) is 1. The van der Waals surface area contributed by atoms with Crippen LogP contribution in [-0.2, 0) is 0 Å². The zero-order valence-electron chi connectivity index (χ0n) is 11.1. The van der Waals surface area contributed by atoms with Gasteiger partial charge in [-0.15, -0.1) is 0 Å². The van der Waals surface area contributed by atoms with Gasteiger partial charge in [-0.2, -0.15) is 0 Å². The van der Waals surface area contributed by atoms with Gasteiger partial charge in [0.05, 0.1) is 11.0 Å². The quantitative estimate of drug-likeness (QED) is 0.733. The van der Waals surface area contributed by atoms with E-state index in [0.717, 1.165) is 10.7 Å². The molecule has 1 heterocycles. The Bertz CT molecular complexity index is 623. The molecule has 18 heavy (non-hydrogen) atoms. The van der Waals surface area contributed by atoms with E-state index in [0.29, 0.717) is 6.04 Å². The minimum atomic E-state index is 0.572. The van der Waals surface area contributed by atoms with E-state index in [1.165, 1.54) is 42.3 Å². The predicted molar refractivity (Wildman–Crippen MR) is 78.5 cm³/mol. The van der Waals surface area contributed by atoms with Crippen molar-refractivity contribution in [2.24, 2.45) is 5.92 Å². The Morgan fingerprint density at radius 3 is 2.83 bits per heavy atom. The van der Waals surface area contributed by atoms with Gasteiger partial charge in [-0.05, 0) is 55.6 Å². The van der Waals surface area contributed by atoms with Crippen molar-refractivity contribution in [3.63, 3.8) is 0 Å². The van der Waals surface area contributed by atoms with Gasteiger partial charge >= 0.3 is 0 Å². The van der Waals surface area contributed by atoms with E-state index >= 15 is 0 Å². The van der Waals surface area contributed by atoms with Gasteiger partial charge < -0.3 is 9.55 Å². The van der Waals surface area contributed by atoms with E-state index in [-0.39, 0.29) is 0 Å². The molecule has 2 atom stereocenters. The summed E-state index contributed by atoms with van der Waals surface area (Å²) in [5, 5.41) is 0. The molecule has 0 radical (unpaired) electrons. The SMILES string of the molecule is Cc1ccc2c(c1)[nH]c(=S)n2C1CCCCC1C. The maximum Gasteiger partial charge on any atom is 0.178 e. The third-order valence-corrected chi connectivity index (χ3v) is 4.57. The summed E-state index contributed by atoms with van der Waals surface area (Å²) in [5.74, 6) is 0.728. The summed E-state index contributed by atoms with van der Waals surface area (Å²) >= 11 is 5.54. The van der Waals surface area contributed by atoms with E-state index < -0.39 is 0 Å². The number of benzene rings is 1. The molecule has 1 aromatic carbocycles. The van der Waals surface area contributed by atoms with Crippen molar-refractivity contribution >= 4 is 23.3 Å². The molecule has 2 nitrogen and oxygen atoms in total. The van der Waals surface area contributed by atoms with Crippen LogP contribution in [-0.4, -0.2) is 9.55 Å². The van der Waals surface area contributed by atoms with Gasteiger partial charge in [-0.1, -0.05) is 25.8 Å². The van der Waals surface area contributed by atoms with Crippen LogP contribution in [0.2, 0.25) is 0 Å². The number of rotatable bonds is 1. The zero-order chi connectivity index (χ0) is 12.7. The van der Waals surface area contributed by atoms with Crippen molar-refractivity contribution in [2.75, 3.05) is 0 Å². The Morgan fingerprint density at radius 1 is 1.28 bits per heavy atom. The van der Waals surface area contributed by atoms with Crippen LogP contribution in [0.1, 0.15) is 44.2 Å². The summed E-state index contributed by atoms with van der Waals surface area (Å²) < 4.78 is 3.24. The van der Waals surface area contributed by atoms with Gasteiger partial charge in [0, 0.05) is 6.04 Å². The molecule has 2 aromatic rings. The second-order valence-corrected chi connectivity index (χ2v) is 6.04. The maximum atomic E-state index is 5.54. The van der Waals surface area contributed by atoms with Gasteiger partial charge in [0.1, 0.15) is 0 Å². The summed E-state index contributed by atoms with van der Waals surface area (Å²) in [6, 6.07) is 7.14. The Labute approximate surface area is 113 Å². The molecule has 0 saturated heterocycles. The minimum Gasteiger partial charge on any atom is -0.331 e. The first-order valence-electron chi connectivity index (χ1n) is 6.87. The highest BCUT2D eigenvalue weighted by molar-refractivity contribution is 7.71. The summed E-state index contributed by atoms with van der Waals surface area (Å²) in [5.41, 5.74) is 3.73. The maximum absolute atomic E-state index is 5.54. The van der Waals surface area contributed by atoms with Crippen molar-refractivity contribution in [1.29, 1.82) is 0 Å². The average molecular weight is 260 g/mol. The van der Waals surface area contributed by atoms with Crippen molar-refractivity contribution in [2.45, 2.75) is 45.6 Å². The molecule has 1 aliphatic carbocycles. The molecule has 96 valence electrons. The van der Waals surface area contributed by atoms with Crippen LogP contribution in [0, 0.1) is 17.6 Å². The lowest BCUT2D eigenvalue weighted by Crippen LogP contribution is -2.21. The number of nitrogens with one attached hydrogen (secondary N) is 1. The highest BCUT2D eigenvalue weighted by Crippen LogP contribution is 2.35. The van der Waals surface area contributed by atoms with Crippen molar-refractivity contribution in [1.82, 2.24) is 9.55 Å². The van der Waals surface area contributed by atoms with Gasteiger partial charge in [0.15, 0.2) is 4.77 Å². The fourth-order valence-corrected chi connectivity index (χ4v) is 3.60. The normalized spacial score (nSPS) is 24.6. The zero-order valence-corrected chi connectivity index (χ0v) is 11.9. The fraction of sp³-hybridized carbons (Fsp3) is 0.533. The Hall–Kier alpha value is -1.09. The lowest BCUT2D eigenvalue weighted by molar-refractivity contribution is 0.260. The number of aromatic amines is 1. The Kier molecular flexibility index (Phi) is 3.02. The number of aromatic nitrogens is 2. The lowest BCUT2D eigenvalue weighted by atomic mass is 9.85. The number of H-pyrrole nitrogens is 1. The van der Waals surface area contributed by atoms with Crippen LogP contribution in [0.3, 0.4) is 0 Å². The number of aryl methyl sites for hydroxylation is 1. The van der Waals surface area contributed by atoms with Crippen LogP contribution in [0.15, 0.2) is 18.2 Å². The van der Waals surface area contributed by atoms with Crippen LogP contribution >= 0.6 is 12.2 Å². The van der Waals surface area contributed by atoms with E-state index in [1.54, 1.807) is 0 Å². The molecule has 1 fully saturated rings. The summed E-state index contributed by atoms with van der Waals surface area (Å²) in [7, 11) is 0. The molecule has 0 aliphatic heterocycles. The number of fused-ring (bicyclic) bond motifs is 1. The van der Waals surface area contributed by atoms with Crippen LogP contribution < -0.4 is 0 Å². The molecule has 0 amide bonds. The number of nitrogens with zero attached hydrogens (tertiary/aromatic N) is 1. The molecular weight excluding hydrogens is 240 g/mol. The first-order valence-corrected chi connectivity index (χ1v) is 7.28.